The average molecular weight is 389 g/mol. The van der Waals surface area contributed by atoms with Crippen molar-refractivity contribution in [3.8, 4) is 5.75 Å². The van der Waals surface area contributed by atoms with Gasteiger partial charge in [-0.15, -0.1) is 0 Å². The Morgan fingerprint density at radius 3 is 2.85 bits per heavy atom. The number of ether oxygens (including phenoxy) is 1. The monoisotopic (exact) mass is 389 g/mol. The van der Waals surface area contributed by atoms with Gasteiger partial charge in [0.1, 0.15) is 12.4 Å². The van der Waals surface area contributed by atoms with Crippen LogP contribution in [0.15, 0.2) is 56.6 Å². The summed E-state index contributed by atoms with van der Waals surface area (Å²) in [5.74, 6) is 0.118. The Kier molecular flexibility index (Phi) is 7.12. The average Bonchev–Trinajstić information content (AvgIpc) is 2.67. The van der Waals surface area contributed by atoms with E-state index in [1.807, 2.05) is 12.1 Å². The van der Waals surface area contributed by atoms with Crippen molar-refractivity contribution in [2.24, 2.45) is 19.2 Å². The number of hydrogen-bond acceptors (Lipinski definition) is 7. The van der Waals surface area contributed by atoms with E-state index < -0.39 is 17.2 Å². The van der Waals surface area contributed by atoms with Gasteiger partial charge in [0.05, 0.1) is 12.0 Å². The molecular formula is C17H19N5O4S. The number of hydrazone groups is 1. The van der Waals surface area contributed by atoms with Gasteiger partial charge in [0.25, 0.3) is 5.56 Å². The number of thioether (sulfide) groups is 1. The van der Waals surface area contributed by atoms with E-state index in [-0.39, 0.29) is 10.8 Å². The van der Waals surface area contributed by atoms with Crippen LogP contribution in [-0.4, -0.2) is 38.8 Å². The van der Waals surface area contributed by atoms with Gasteiger partial charge in [-0.3, -0.25) is 14.2 Å². The minimum absolute atomic E-state index is 0.0573. The van der Waals surface area contributed by atoms with Crippen LogP contribution in [0.4, 0.5) is 0 Å². The Morgan fingerprint density at radius 1 is 1.37 bits per heavy atom. The third kappa shape index (κ3) is 5.42. The Labute approximate surface area is 159 Å². The molecule has 0 radical (unpaired) electrons. The molecule has 2 rings (SSSR count). The van der Waals surface area contributed by atoms with E-state index in [9.17, 15) is 14.4 Å². The second-order valence-electron chi connectivity index (χ2n) is 5.29. The highest BCUT2D eigenvalue weighted by atomic mass is 32.2. The highest BCUT2D eigenvalue weighted by Gasteiger charge is 2.11. The first-order chi connectivity index (χ1) is 12.9. The lowest BCUT2D eigenvalue weighted by Gasteiger charge is -2.06. The molecule has 0 saturated heterocycles. The molecule has 1 heterocycles. The summed E-state index contributed by atoms with van der Waals surface area (Å²) < 4.78 is 7.47. The van der Waals surface area contributed by atoms with Crippen LogP contribution in [0.3, 0.4) is 0 Å². The van der Waals surface area contributed by atoms with E-state index >= 15 is 0 Å². The third-order valence-corrected chi connectivity index (χ3v) is 4.24. The summed E-state index contributed by atoms with van der Waals surface area (Å²) >= 11 is 0.927. The molecular weight excluding hydrogens is 370 g/mol. The Morgan fingerprint density at radius 2 is 2.11 bits per heavy atom. The zero-order valence-electron chi connectivity index (χ0n) is 14.9. The molecule has 9 nitrogen and oxygen atoms in total. The highest BCUT2D eigenvalue weighted by molar-refractivity contribution is 7.99. The molecule has 27 heavy (non-hydrogen) atoms. The van der Waals surface area contributed by atoms with Gasteiger partial charge in [-0.25, -0.2) is 14.9 Å². The van der Waals surface area contributed by atoms with Gasteiger partial charge < -0.3 is 4.74 Å². The van der Waals surface area contributed by atoms with Crippen molar-refractivity contribution in [3.05, 3.63) is 63.3 Å². The number of amides is 1. The van der Waals surface area contributed by atoms with Crippen molar-refractivity contribution in [2.75, 3.05) is 12.4 Å². The van der Waals surface area contributed by atoms with Crippen LogP contribution < -0.4 is 21.4 Å². The number of aryl methyl sites for hydroxylation is 1. The van der Waals surface area contributed by atoms with Gasteiger partial charge >= 0.3 is 5.69 Å². The number of nitrogens with one attached hydrogen (secondary N) is 1. The van der Waals surface area contributed by atoms with Crippen LogP contribution in [-0.2, 0) is 18.9 Å². The molecule has 0 aliphatic rings. The fourth-order valence-electron chi connectivity index (χ4n) is 1.97. The zero-order valence-corrected chi connectivity index (χ0v) is 15.7. The number of hydrogen-bond donors (Lipinski definition) is 1. The molecule has 2 aromatic rings. The number of carbonyl (C=O) groups excluding carboxylic acids is 1. The van der Waals surface area contributed by atoms with Crippen LogP contribution in [0, 0.1) is 0 Å². The largest absolute Gasteiger partial charge is 0.489 e. The lowest BCUT2D eigenvalue weighted by atomic mass is 10.2. The number of rotatable bonds is 8. The van der Waals surface area contributed by atoms with Gasteiger partial charge in [-0.1, -0.05) is 36.5 Å². The lowest BCUT2D eigenvalue weighted by Crippen LogP contribution is -2.39. The van der Waals surface area contributed by atoms with Gasteiger partial charge in [0.15, 0.2) is 5.03 Å². The maximum Gasteiger partial charge on any atom is 0.346 e. The Balaban J connectivity index is 1.96. The van der Waals surface area contributed by atoms with Crippen LogP contribution in [0.2, 0.25) is 0 Å². The molecule has 0 saturated carbocycles. The van der Waals surface area contributed by atoms with Gasteiger partial charge in [-0.05, 0) is 12.1 Å². The fourth-order valence-corrected chi connectivity index (χ4v) is 2.74. The lowest BCUT2D eigenvalue weighted by molar-refractivity contribution is -0.118. The van der Waals surface area contributed by atoms with E-state index in [1.54, 1.807) is 18.2 Å². The first-order valence-corrected chi connectivity index (χ1v) is 8.84. The SMILES string of the molecule is C=CCOc1ccccc1/C=N\NC(=O)CSc1nn(C)c(=O)n(C)c1=O. The molecule has 0 atom stereocenters. The van der Waals surface area contributed by atoms with Gasteiger partial charge in [0, 0.05) is 19.7 Å². The molecule has 142 valence electrons. The minimum Gasteiger partial charge on any atom is -0.489 e. The predicted molar refractivity (Wildman–Crippen MR) is 103 cm³/mol. The molecule has 1 N–H and O–H groups in total. The summed E-state index contributed by atoms with van der Waals surface area (Å²) in [6.45, 7) is 3.95. The number of para-hydroxylation sites is 1. The summed E-state index contributed by atoms with van der Waals surface area (Å²) in [5, 5.41) is 7.81. The fraction of sp³-hybridized carbons (Fsp3) is 0.235. The Bertz CT molecular complexity index is 980. The molecule has 10 heteroatoms. The van der Waals surface area contributed by atoms with Crippen LogP contribution in [0.25, 0.3) is 0 Å². The van der Waals surface area contributed by atoms with E-state index in [2.05, 4.69) is 22.2 Å². The molecule has 1 aromatic carbocycles. The van der Waals surface area contributed by atoms with Crippen molar-refractivity contribution in [3.63, 3.8) is 0 Å². The molecule has 0 fully saturated rings. The van der Waals surface area contributed by atoms with Crippen molar-refractivity contribution in [1.29, 1.82) is 0 Å². The van der Waals surface area contributed by atoms with E-state index in [4.69, 9.17) is 4.74 Å². The molecule has 0 aliphatic heterocycles. The molecule has 0 aliphatic carbocycles. The van der Waals surface area contributed by atoms with Crippen LogP contribution in [0.5, 0.6) is 5.75 Å². The summed E-state index contributed by atoms with van der Waals surface area (Å²) in [6.07, 6.45) is 3.09. The van der Waals surface area contributed by atoms with E-state index in [1.165, 1.54) is 20.3 Å². The molecule has 0 unspecified atom stereocenters. The predicted octanol–water partition coefficient (Wildman–Crippen LogP) is 0.286. The van der Waals surface area contributed by atoms with Gasteiger partial charge in [0.2, 0.25) is 5.91 Å². The maximum atomic E-state index is 12.0. The smallest absolute Gasteiger partial charge is 0.346 e. The summed E-state index contributed by atoms with van der Waals surface area (Å²) in [4.78, 5) is 35.5. The minimum atomic E-state index is -0.548. The zero-order chi connectivity index (χ0) is 19.8. The number of aromatic nitrogens is 3. The highest BCUT2D eigenvalue weighted by Crippen LogP contribution is 2.15. The number of nitrogens with zero attached hydrogens (tertiary/aromatic N) is 4. The Hall–Kier alpha value is -3.14. The topological polar surface area (TPSA) is 108 Å². The number of carbonyl (C=O) groups is 1. The van der Waals surface area contributed by atoms with Gasteiger partial charge in [-0.2, -0.15) is 10.2 Å². The second-order valence-corrected chi connectivity index (χ2v) is 6.26. The maximum absolute atomic E-state index is 12.0. The van der Waals surface area contributed by atoms with Crippen molar-refractivity contribution in [1.82, 2.24) is 19.8 Å². The summed E-state index contributed by atoms with van der Waals surface area (Å²) in [7, 11) is 2.79. The van der Waals surface area contributed by atoms with E-state index in [0.29, 0.717) is 17.9 Å². The summed E-state index contributed by atoms with van der Waals surface area (Å²) in [5.41, 5.74) is 1.99. The van der Waals surface area contributed by atoms with E-state index in [0.717, 1.165) is 21.0 Å². The standard InChI is InChI=1S/C17H19N5O4S/c1-4-9-26-13-8-6-5-7-12(13)10-18-19-14(23)11-27-15-16(24)21(2)17(25)22(3)20-15/h4-8,10H,1,9,11H2,2-3H3,(H,19,23)/b18-10-. The summed E-state index contributed by atoms with van der Waals surface area (Å²) in [6, 6.07) is 7.22. The van der Waals surface area contributed by atoms with Crippen LogP contribution >= 0.6 is 11.8 Å². The van der Waals surface area contributed by atoms with Crippen LogP contribution in [0.1, 0.15) is 5.56 Å². The van der Waals surface area contributed by atoms with Crippen molar-refractivity contribution in [2.45, 2.75) is 5.03 Å². The second kappa shape index (κ2) is 9.53. The quantitative estimate of drug-likeness (QED) is 0.301. The molecule has 1 aromatic heterocycles. The first kappa shape index (κ1) is 20.2. The normalized spacial score (nSPS) is 10.7. The first-order valence-electron chi connectivity index (χ1n) is 7.85. The third-order valence-electron chi connectivity index (χ3n) is 3.30. The molecule has 0 spiro atoms. The van der Waals surface area contributed by atoms with Crippen molar-refractivity contribution >= 4 is 23.9 Å². The number of benzene rings is 1. The van der Waals surface area contributed by atoms with Crippen molar-refractivity contribution < 1.29 is 9.53 Å². The molecule has 0 bridgehead atoms. The molecule has 1 amide bonds.